The number of hydrogen-bond acceptors (Lipinski definition) is 5. The Hall–Kier alpha value is -2.84. The summed E-state index contributed by atoms with van der Waals surface area (Å²) in [6.45, 7) is 5.13. The Morgan fingerprint density at radius 3 is 2.40 bits per heavy atom. The van der Waals surface area contributed by atoms with Crippen molar-refractivity contribution >= 4 is 23.6 Å². The van der Waals surface area contributed by atoms with Crippen LogP contribution < -0.4 is 16.0 Å². The molecular formula is C23H32F3N5O4. The van der Waals surface area contributed by atoms with Gasteiger partial charge in [-0.3, -0.25) is 19.2 Å². The Kier molecular flexibility index (Phi) is 7.67. The van der Waals surface area contributed by atoms with Crippen LogP contribution in [0.25, 0.3) is 0 Å². The first kappa shape index (κ1) is 26.8. The molecule has 3 N–H and O–H groups in total. The van der Waals surface area contributed by atoms with Gasteiger partial charge in [-0.1, -0.05) is 27.2 Å². The van der Waals surface area contributed by atoms with E-state index in [1.807, 2.05) is 11.4 Å². The third kappa shape index (κ3) is 5.87. The van der Waals surface area contributed by atoms with Crippen LogP contribution in [0.1, 0.15) is 59.3 Å². The van der Waals surface area contributed by atoms with Crippen molar-refractivity contribution in [3.05, 3.63) is 0 Å². The number of nitrogens with one attached hydrogen (secondary N) is 3. The second kappa shape index (κ2) is 10.0. The quantitative estimate of drug-likeness (QED) is 0.508. The zero-order valence-electron chi connectivity index (χ0n) is 20.1. The number of carbonyl (C=O) groups is 4. The summed E-state index contributed by atoms with van der Waals surface area (Å²) in [4.78, 5) is 51.8. The van der Waals surface area contributed by atoms with Crippen LogP contribution in [0.5, 0.6) is 0 Å². The first-order valence-electron chi connectivity index (χ1n) is 11.9. The van der Waals surface area contributed by atoms with Crippen LogP contribution in [0, 0.1) is 28.6 Å². The van der Waals surface area contributed by atoms with E-state index in [-0.39, 0.29) is 24.3 Å². The Labute approximate surface area is 202 Å². The van der Waals surface area contributed by atoms with Gasteiger partial charge in [-0.2, -0.15) is 18.4 Å². The Balaban J connectivity index is 1.81. The molecule has 0 unspecified atom stereocenters. The average molecular weight is 500 g/mol. The van der Waals surface area contributed by atoms with Gasteiger partial charge in [0.2, 0.25) is 17.7 Å². The molecule has 35 heavy (non-hydrogen) atoms. The lowest BCUT2D eigenvalue weighted by Crippen LogP contribution is -2.61. The third-order valence-corrected chi connectivity index (χ3v) is 7.20. The third-order valence-electron chi connectivity index (χ3n) is 7.20. The number of alkyl halides is 3. The average Bonchev–Trinajstić information content (AvgIpc) is 3.45. The molecule has 9 nitrogen and oxygen atoms in total. The largest absolute Gasteiger partial charge is 0.471 e. The molecule has 2 heterocycles. The molecule has 0 spiro atoms. The highest BCUT2D eigenvalue weighted by Gasteiger charge is 2.53. The van der Waals surface area contributed by atoms with E-state index < -0.39 is 53.4 Å². The van der Waals surface area contributed by atoms with Gasteiger partial charge in [0.05, 0.1) is 6.07 Å². The van der Waals surface area contributed by atoms with Crippen LogP contribution >= 0.6 is 0 Å². The number of halogens is 3. The highest BCUT2D eigenvalue weighted by Crippen LogP contribution is 2.42. The summed E-state index contributed by atoms with van der Waals surface area (Å²) in [5.74, 6) is -4.10. The molecule has 0 aromatic rings. The van der Waals surface area contributed by atoms with E-state index in [4.69, 9.17) is 0 Å². The molecular weight excluding hydrogens is 467 g/mol. The van der Waals surface area contributed by atoms with Crippen molar-refractivity contribution in [2.24, 2.45) is 17.3 Å². The van der Waals surface area contributed by atoms with Crippen molar-refractivity contribution in [1.82, 2.24) is 20.9 Å². The van der Waals surface area contributed by atoms with Crippen molar-refractivity contribution in [3.63, 3.8) is 0 Å². The minimum Gasteiger partial charge on any atom is -0.356 e. The summed E-state index contributed by atoms with van der Waals surface area (Å²) in [6.07, 6.45) is -1.95. The van der Waals surface area contributed by atoms with Gasteiger partial charge in [0.1, 0.15) is 18.1 Å². The molecule has 1 aliphatic carbocycles. The number of hydrogen-bond donors (Lipinski definition) is 3. The van der Waals surface area contributed by atoms with Crippen molar-refractivity contribution in [1.29, 1.82) is 5.26 Å². The van der Waals surface area contributed by atoms with E-state index >= 15 is 0 Å². The van der Waals surface area contributed by atoms with E-state index in [0.29, 0.717) is 25.8 Å². The minimum absolute atomic E-state index is 0.00906. The van der Waals surface area contributed by atoms with E-state index in [1.165, 1.54) is 4.90 Å². The van der Waals surface area contributed by atoms with E-state index in [1.54, 1.807) is 20.8 Å². The summed E-state index contributed by atoms with van der Waals surface area (Å²) in [5.41, 5.74) is -1.05. The lowest BCUT2D eigenvalue weighted by atomic mass is 9.85. The number of fused-ring (bicyclic) bond motifs is 1. The topological polar surface area (TPSA) is 131 Å². The molecule has 1 saturated carbocycles. The van der Waals surface area contributed by atoms with Crippen LogP contribution in [-0.2, 0) is 19.2 Å². The fraction of sp³-hybridized carbons (Fsp3) is 0.783. The molecule has 0 bridgehead atoms. The van der Waals surface area contributed by atoms with E-state index in [9.17, 15) is 37.6 Å². The standard InChI is InChI=1S/C23H32F3N5O4/c1-22(2,3)17(30-21(35)23(24,25)26)20(34)31-15-6-4-5-12(15)10-16(31)19(33)29-14(11-27)9-13-7-8-28-18(13)32/h12-17H,4-10H2,1-3H3,(H,28,32)(H,29,33)(H,30,35)/t12-,13+,14+,15-,16+,17-/m1/s1. The van der Waals surface area contributed by atoms with Crippen molar-refractivity contribution in [2.75, 3.05) is 6.54 Å². The molecule has 0 radical (unpaired) electrons. The Morgan fingerprint density at radius 2 is 1.86 bits per heavy atom. The lowest BCUT2D eigenvalue weighted by molar-refractivity contribution is -0.176. The normalized spacial score (nSPS) is 28.0. The zero-order chi connectivity index (χ0) is 26.1. The van der Waals surface area contributed by atoms with Crippen LogP contribution in [0.15, 0.2) is 0 Å². The maximum absolute atomic E-state index is 13.6. The Bertz CT molecular complexity index is 910. The van der Waals surface area contributed by atoms with Crippen LogP contribution in [-0.4, -0.2) is 65.4 Å². The van der Waals surface area contributed by atoms with Gasteiger partial charge < -0.3 is 20.9 Å². The highest BCUT2D eigenvalue weighted by atomic mass is 19.4. The van der Waals surface area contributed by atoms with Crippen LogP contribution in [0.3, 0.4) is 0 Å². The van der Waals surface area contributed by atoms with Gasteiger partial charge in [0.25, 0.3) is 0 Å². The predicted molar refractivity (Wildman–Crippen MR) is 117 cm³/mol. The summed E-state index contributed by atoms with van der Waals surface area (Å²) in [6, 6.07) is -1.76. The van der Waals surface area contributed by atoms with Crippen molar-refractivity contribution in [2.45, 2.75) is 89.6 Å². The second-order valence-electron chi connectivity index (χ2n) is 10.7. The SMILES string of the molecule is CC(C)(C)[C@H](NC(=O)C(F)(F)F)C(=O)N1[C@@H]2CCC[C@@H]2C[C@H]1C(=O)N[C@H](C#N)C[C@@H]1CCNC1=O. The molecule has 194 valence electrons. The summed E-state index contributed by atoms with van der Waals surface area (Å²) >= 11 is 0. The first-order chi connectivity index (χ1) is 16.2. The molecule has 0 aromatic heterocycles. The molecule has 0 aromatic carbocycles. The fourth-order valence-electron chi connectivity index (χ4n) is 5.42. The summed E-state index contributed by atoms with van der Waals surface area (Å²) in [7, 11) is 0. The smallest absolute Gasteiger partial charge is 0.356 e. The summed E-state index contributed by atoms with van der Waals surface area (Å²) in [5, 5.41) is 16.7. The second-order valence-corrected chi connectivity index (χ2v) is 10.7. The van der Waals surface area contributed by atoms with E-state index in [0.717, 1.165) is 12.8 Å². The van der Waals surface area contributed by atoms with Crippen LogP contribution in [0.4, 0.5) is 13.2 Å². The molecule has 3 aliphatic rings. The number of rotatable bonds is 6. The van der Waals surface area contributed by atoms with Gasteiger partial charge >= 0.3 is 12.1 Å². The van der Waals surface area contributed by atoms with Gasteiger partial charge in [-0.25, -0.2) is 0 Å². The molecule has 12 heteroatoms. The molecule has 3 rings (SSSR count). The van der Waals surface area contributed by atoms with Crippen LogP contribution in [0.2, 0.25) is 0 Å². The fourth-order valence-corrected chi connectivity index (χ4v) is 5.42. The molecule has 4 amide bonds. The first-order valence-corrected chi connectivity index (χ1v) is 11.9. The number of carbonyl (C=O) groups excluding carboxylic acids is 4. The van der Waals surface area contributed by atoms with Gasteiger partial charge in [-0.15, -0.1) is 0 Å². The maximum Gasteiger partial charge on any atom is 0.471 e. The predicted octanol–water partition coefficient (Wildman–Crippen LogP) is 1.38. The Morgan fingerprint density at radius 1 is 1.17 bits per heavy atom. The maximum atomic E-state index is 13.6. The molecule has 6 atom stereocenters. The van der Waals surface area contributed by atoms with Crippen molar-refractivity contribution < 1.29 is 32.3 Å². The van der Waals surface area contributed by atoms with Crippen molar-refractivity contribution in [3.8, 4) is 6.07 Å². The number of amides is 4. The van der Waals surface area contributed by atoms with Gasteiger partial charge in [0, 0.05) is 18.5 Å². The van der Waals surface area contributed by atoms with Gasteiger partial charge in [-0.05, 0) is 43.4 Å². The number of nitriles is 1. The molecule has 2 aliphatic heterocycles. The zero-order valence-corrected chi connectivity index (χ0v) is 20.1. The molecule has 3 fully saturated rings. The molecule has 2 saturated heterocycles. The summed E-state index contributed by atoms with van der Waals surface area (Å²) < 4.78 is 38.9. The number of nitrogens with zero attached hydrogens (tertiary/aromatic N) is 2. The minimum atomic E-state index is -5.16. The van der Waals surface area contributed by atoms with E-state index in [2.05, 4.69) is 10.6 Å². The number of likely N-dealkylation sites (tertiary alicyclic amines) is 1. The monoisotopic (exact) mass is 499 g/mol. The highest BCUT2D eigenvalue weighted by molar-refractivity contribution is 5.94. The lowest BCUT2D eigenvalue weighted by Gasteiger charge is -2.38. The van der Waals surface area contributed by atoms with Gasteiger partial charge in [0.15, 0.2) is 0 Å².